The predicted octanol–water partition coefficient (Wildman–Crippen LogP) is 23.9. The molecule has 0 aliphatic rings. The lowest BCUT2D eigenvalue weighted by atomic mass is 10.0. The summed E-state index contributed by atoms with van der Waals surface area (Å²) >= 11 is 0. The molecule has 0 aliphatic heterocycles. The molecule has 1 atom stereocenters. The highest BCUT2D eigenvalue weighted by atomic mass is 16.6. The van der Waals surface area contributed by atoms with Gasteiger partial charge >= 0.3 is 17.9 Å². The van der Waals surface area contributed by atoms with Gasteiger partial charge in [0.05, 0.1) is 0 Å². The molecular weight excluding hydrogens is 1010 g/mol. The number of carbonyl (C=O) groups is 3. The molecule has 1 unspecified atom stereocenters. The monoisotopic (exact) mass is 1140 g/mol. The van der Waals surface area contributed by atoms with E-state index in [1.807, 2.05) is 0 Å². The van der Waals surface area contributed by atoms with Crippen LogP contribution in [0.3, 0.4) is 0 Å². The topological polar surface area (TPSA) is 78.9 Å². The molecule has 0 amide bonds. The van der Waals surface area contributed by atoms with Crippen LogP contribution < -0.4 is 0 Å². The van der Waals surface area contributed by atoms with E-state index in [4.69, 9.17) is 14.2 Å². The molecule has 0 aromatic rings. The first-order chi connectivity index (χ1) is 40.5. The van der Waals surface area contributed by atoms with E-state index in [9.17, 15) is 14.4 Å². The zero-order valence-corrected chi connectivity index (χ0v) is 53.7. The van der Waals surface area contributed by atoms with E-state index in [1.165, 1.54) is 141 Å². The van der Waals surface area contributed by atoms with Gasteiger partial charge in [-0.3, -0.25) is 14.4 Å². The van der Waals surface area contributed by atoms with Gasteiger partial charge in [0.15, 0.2) is 6.10 Å². The summed E-state index contributed by atoms with van der Waals surface area (Å²) in [5.41, 5.74) is 0. The Morgan fingerprint density at radius 2 is 0.476 bits per heavy atom. The van der Waals surface area contributed by atoms with Crippen molar-refractivity contribution in [3.8, 4) is 0 Å². The maximum atomic E-state index is 13.0. The maximum Gasteiger partial charge on any atom is 0.306 e. The van der Waals surface area contributed by atoms with E-state index < -0.39 is 6.10 Å². The number of carbonyl (C=O) groups excluding carboxylic acids is 3. The second kappa shape index (κ2) is 69.3. The Morgan fingerprint density at radius 1 is 0.256 bits per heavy atom. The van der Waals surface area contributed by atoms with Crippen LogP contribution in [0.15, 0.2) is 122 Å². The predicted molar refractivity (Wildman–Crippen MR) is 357 cm³/mol. The molecule has 6 nitrogen and oxygen atoms in total. The summed E-state index contributed by atoms with van der Waals surface area (Å²) in [6, 6.07) is 0. The minimum absolute atomic E-state index is 0.0903. The van der Waals surface area contributed by atoms with Crippen LogP contribution in [0.2, 0.25) is 0 Å². The fraction of sp³-hybridized carbons (Fsp3) is 0.697. The van der Waals surface area contributed by atoms with Crippen LogP contribution in [0.1, 0.15) is 323 Å². The molecule has 0 N–H and O–H groups in total. The highest BCUT2D eigenvalue weighted by molar-refractivity contribution is 5.71. The summed E-state index contributed by atoms with van der Waals surface area (Å²) in [5.74, 6) is -0.909. The number of unbranched alkanes of at least 4 members (excludes halogenated alkanes) is 31. The van der Waals surface area contributed by atoms with Crippen LogP contribution in [0.5, 0.6) is 0 Å². The van der Waals surface area contributed by atoms with Crippen LogP contribution in [-0.2, 0) is 28.6 Å². The van der Waals surface area contributed by atoms with Gasteiger partial charge in [0.25, 0.3) is 0 Å². The number of hydrogen-bond acceptors (Lipinski definition) is 6. The molecular formula is C76H128O6. The van der Waals surface area contributed by atoms with Crippen LogP contribution in [-0.4, -0.2) is 37.2 Å². The fourth-order valence-electron chi connectivity index (χ4n) is 9.62. The van der Waals surface area contributed by atoms with E-state index in [2.05, 4.69) is 142 Å². The molecule has 0 aromatic carbocycles. The van der Waals surface area contributed by atoms with Gasteiger partial charge in [0.2, 0.25) is 0 Å². The van der Waals surface area contributed by atoms with E-state index in [-0.39, 0.29) is 31.1 Å². The highest BCUT2D eigenvalue weighted by Gasteiger charge is 2.19. The van der Waals surface area contributed by atoms with E-state index in [0.717, 1.165) is 141 Å². The molecule has 0 fully saturated rings. The molecule has 468 valence electrons. The summed E-state index contributed by atoms with van der Waals surface area (Å²) in [6.45, 7) is 6.42. The van der Waals surface area contributed by atoms with Crippen molar-refractivity contribution in [1.29, 1.82) is 0 Å². The van der Waals surface area contributed by atoms with Crippen LogP contribution >= 0.6 is 0 Å². The van der Waals surface area contributed by atoms with Crippen LogP contribution in [0.4, 0.5) is 0 Å². The SMILES string of the molecule is CC/C=C\C/C=C\C/C=C\C/C=C\C/C=C\C/C=C\CCCCCCCCCCC(=O)OCC(COC(=O)CCCCCC/C=C\C/C=C\C/C=C\C/C=C\CC)OC(=O)CCCCCCCCCCCCCCCCCCCCCC. The third-order valence-corrected chi connectivity index (χ3v) is 14.7. The van der Waals surface area contributed by atoms with Crippen molar-refractivity contribution in [2.45, 2.75) is 329 Å². The zero-order chi connectivity index (χ0) is 59.2. The summed E-state index contributed by atoms with van der Waals surface area (Å²) in [4.78, 5) is 38.5. The largest absolute Gasteiger partial charge is 0.462 e. The lowest BCUT2D eigenvalue weighted by molar-refractivity contribution is -0.167. The first kappa shape index (κ1) is 77.8. The Hall–Kier alpha value is -4.19. The fourth-order valence-corrected chi connectivity index (χ4v) is 9.62. The van der Waals surface area contributed by atoms with Crippen molar-refractivity contribution in [1.82, 2.24) is 0 Å². The van der Waals surface area contributed by atoms with Crippen molar-refractivity contribution in [2.75, 3.05) is 13.2 Å². The Bertz CT molecular complexity index is 1690. The number of ether oxygens (including phenoxy) is 3. The molecule has 0 aliphatic carbocycles. The Kier molecular flexibility index (Phi) is 65.8. The number of allylic oxidation sites excluding steroid dienone is 20. The van der Waals surface area contributed by atoms with Crippen LogP contribution in [0, 0.1) is 0 Å². The molecule has 0 heterocycles. The normalized spacial score (nSPS) is 12.9. The first-order valence-corrected chi connectivity index (χ1v) is 34.5. The Morgan fingerprint density at radius 3 is 0.744 bits per heavy atom. The molecule has 0 aromatic heterocycles. The van der Waals surface area contributed by atoms with Gasteiger partial charge in [-0.2, -0.15) is 0 Å². The third-order valence-electron chi connectivity index (χ3n) is 14.7. The van der Waals surface area contributed by atoms with Crippen molar-refractivity contribution >= 4 is 17.9 Å². The first-order valence-electron chi connectivity index (χ1n) is 34.5. The lowest BCUT2D eigenvalue weighted by Crippen LogP contribution is -2.30. The third kappa shape index (κ3) is 66.6. The van der Waals surface area contributed by atoms with Gasteiger partial charge in [0, 0.05) is 19.3 Å². The summed E-state index contributed by atoms with van der Waals surface area (Å²) < 4.78 is 17.0. The van der Waals surface area contributed by atoms with E-state index >= 15 is 0 Å². The van der Waals surface area contributed by atoms with Gasteiger partial charge in [-0.25, -0.2) is 0 Å². The summed E-state index contributed by atoms with van der Waals surface area (Å²) in [7, 11) is 0. The quantitative estimate of drug-likeness (QED) is 0.0261. The van der Waals surface area contributed by atoms with Gasteiger partial charge in [-0.05, 0) is 109 Å². The Labute approximate surface area is 507 Å². The molecule has 6 heteroatoms. The van der Waals surface area contributed by atoms with Crippen molar-refractivity contribution in [2.24, 2.45) is 0 Å². The van der Waals surface area contributed by atoms with E-state index in [0.29, 0.717) is 19.3 Å². The lowest BCUT2D eigenvalue weighted by Gasteiger charge is -2.18. The summed E-state index contributed by atoms with van der Waals surface area (Å²) in [6.07, 6.45) is 96.4. The van der Waals surface area contributed by atoms with E-state index in [1.54, 1.807) is 0 Å². The van der Waals surface area contributed by atoms with Crippen molar-refractivity contribution in [3.63, 3.8) is 0 Å². The van der Waals surface area contributed by atoms with Gasteiger partial charge in [-0.15, -0.1) is 0 Å². The standard InChI is InChI=1S/C76H128O6/c1-4-7-10-13-16-19-22-25-28-31-33-35-36-37-38-39-40-41-43-45-48-51-54-57-60-63-66-69-75(78)81-72-73(71-80-74(77)68-65-62-59-56-53-50-47-44-30-27-24-21-18-15-12-9-6-3)82-76(79)70-67-64-61-58-55-52-49-46-42-34-32-29-26-23-20-17-14-11-8-5-2/h7,9-10,12,16,18-19,21,25,27-28,30,33,35,37-38,40-41,47,50,73H,4-6,8,11,13-15,17,20,22-24,26,29,31-32,34,36,39,42-46,48-49,51-72H2,1-3H3/b10-7-,12-9-,19-16-,21-18-,28-25-,30-27-,35-33-,38-37-,41-40-,50-47-. The zero-order valence-electron chi connectivity index (χ0n) is 53.7. The second-order valence-corrected chi connectivity index (χ2v) is 22.7. The van der Waals surface area contributed by atoms with Gasteiger partial charge in [-0.1, -0.05) is 316 Å². The molecule has 0 bridgehead atoms. The second-order valence-electron chi connectivity index (χ2n) is 22.7. The van der Waals surface area contributed by atoms with Gasteiger partial charge < -0.3 is 14.2 Å². The molecule has 0 radical (unpaired) electrons. The molecule has 0 saturated carbocycles. The number of hydrogen-bond donors (Lipinski definition) is 0. The highest BCUT2D eigenvalue weighted by Crippen LogP contribution is 2.17. The maximum absolute atomic E-state index is 13.0. The minimum atomic E-state index is -0.795. The molecule has 0 rings (SSSR count). The molecule has 0 saturated heterocycles. The van der Waals surface area contributed by atoms with Crippen molar-refractivity contribution in [3.05, 3.63) is 122 Å². The number of rotatable bonds is 62. The Balaban J connectivity index is 4.40. The average molecular weight is 1140 g/mol. The van der Waals surface area contributed by atoms with Gasteiger partial charge in [0.1, 0.15) is 13.2 Å². The molecule has 82 heavy (non-hydrogen) atoms. The minimum Gasteiger partial charge on any atom is -0.462 e. The molecule has 0 spiro atoms. The number of esters is 3. The smallest absolute Gasteiger partial charge is 0.306 e. The summed E-state index contributed by atoms with van der Waals surface area (Å²) in [5, 5.41) is 0. The van der Waals surface area contributed by atoms with Crippen LogP contribution in [0.25, 0.3) is 0 Å². The average Bonchev–Trinajstić information content (AvgIpc) is 3.47. The van der Waals surface area contributed by atoms with Crippen molar-refractivity contribution < 1.29 is 28.6 Å².